The number of imide groups is 1. The van der Waals surface area contributed by atoms with Crippen molar-refractivity contribution in [2.24, 2.45) is 29.6 Å². The molecule has 5 atom stereocenters. The number of hydrogen-bond donors (Lipinski definition) is 0. The number of anilines is 1. The molecule has 7 nitrogen and oxygen atoms in total. The first-order valence-corrected chi connectivity index (χ1v) is 12.0. The van der Waals surface area contributed by atoms with Crippen molar-refractivity contribution in [2.45, 2.75) is 32.2 Å². The van der Waals surface area contributed by atoms with Crippen LogP contribution in [0, 0.1) is 29.6 Å². The van der Waals surface area contributed by atoms with E-state index in [1.807, 2.05) is 30.3 Å². The van der Waals surface area contributed by atoms with Gasteiger partial charge in [-0.2, -0.15) is 0 Å². The highest BCUT2D eigenvalue weighted by atomic mass is 16.5. The molecular formula is C27H26N2O5. The molecule has 2 heterocycles. The molecule has 0 radical (unpaired) electrons. The molecule has 3 amide bonds. The summed E-state index contributed by atoms with van der Waals surface area (Å²) in [6.45, 7) is 0.768. The monoisotopic (exact) mass is 458 g/mol. The smallest absolute Gasteiger partial charge is 0.316 e. The Morgan fingerprint density at radius 3 is 2.32 bits per heavy atom. The fourth-order valence-electron chi connectivity index (χ4n) is 6.44. The van der Waals surface area contributed by atoms with Gasteiger partial charge < -0.3 is 9.64 Å². The second-order valence-corrected chi connectivity index (χ2v) is 9.98. The van der Waals surface area contributed by atoms with Gasteiger partial charge in [-0.3, -0.25) is 19.2 Å². The van der Waals surface area contributed by atoms with Gasteiger partial charge in [0.15, 0.2) is 0 Å². The minimum absolute atomic E-state index is 0.0750. The van der Waals surface area contributed by atoms with E-state index in [1.54, 1.807) is 29.2 Å². The number of carbonyl (C=O) groups excluding carboxylic acids is 4. The molecule has 2 saturated heterocycles. The van der Waals surface area contributed by atoms with Gasteiger partial charge in [0.25, 0.3) is 0 Å². The van der Waals surface area contributed by atoms with E-state index in [-0.39, 0.29) is 41.7 Å². The molecule has 0 N–H and O–H groups in total. The van der Waals surface area contributed by atoms with E-state index in [9.17, 15) is 19.2 Å². The molecule has 2 aliphatic heterocycles. The number of ether oxygens (including phenoxy) is 1. The summed E-state index contributed by atoms with van der Waals surface area (Å²) in [7, 11) is 0. The van der Waals surface area contributed by atoms with Crippen LogP contribution in [0.3, 0.4) is 0 Å². The lowest BCUT2D eigenvalue weighted by molar-refractivity contribution is -0.139. The second kappa shape index (κ2) is 8.08. The van der Waals surface area contributed by atoms with Crippen LogP contribution in [-0.4, -0.2) is 35.1 Å². The summed E-state index contributed by atoms with van der Waals surface area (Å²) in [4.78, 5) is 54.4. The van der Waals surface area contributed by atoms with Gasteiger partial charge in [-0.1, -0.05) is 36.4 Å². The highest BCUT2D eigenvalue weighted by Crippen LogP contribution is 2.56. The highest BCUT2D eigenvalue weighted by molar-refractivity contribution is 6.22. The standard InChI is InChI=1S/C27H26N2O5/c30-22-12-19(15-28(22)14-16-5-2-1-3-6-16)27(33)34-21-8-4-7-20(13-21)29-25(31)23-17-9-10-18(11-17)24(23)26(29)32/h1-8,13,17-19,23-24H,9-12,14-15H2/t17-,18-,19-,23-,24+/m0/s1. The van der Waals surface area contributed by atoms with Crippen LogP contribution in [0.5, 0.6) is 5.75 Å². The van der Waals surface area contributed by atoms with Crippen molar-refractivity contribution < 1.29 is 23.9 Å². The third-order valence-electron chi connectivity index (χ3n) is 7.99. The van der Waals surface area contributed by atoms with E-state index in [2.05, 4.69) is 0 Å². The van der Waals surface area contributed by atoms with Crippen molar-refractivity contribution in [1.82, 2.24) is 4.90 Å². The van der Waals surface area contributed by atoms with E-state index in [0.29, 0.717) is 30.6 Å². The number of fused-ring (bicyclic) bond motifs is 5. The maximum atomic E-state index is 13.1. The molecule has 4 fully saturated rings. The fourth-order valence-corrected chi connectivity index (χ4v) is 6.44. The molecule has 2 aliphatic carbocycles. The zero-order valence-electron chi connectivity index (χ0n) is 18.8. The van der Waals surface area contributed by atoms with E-state index in [1.165, 1.54) is 4.90 Å². The Hall–Kier alpha value is -3.48. The van der Waals surface area contributed by atoms with Crippen LogP contribution in [0.25, 0.3) is 0 Å². The Morgan fingerprint density at radius 2 is 1.62 bits per heavy atom. The summed E-state index contributed by atoms with van der Waals surface area (Å²) in [5, 5.41) is 0. The van der Waals surface area contributed by atoms with Crippen LogP contribution >= 0.6 is 0 Å². The van der Waals surface area contributed by atoms with Gasteiger partial charge in [0.2, 0.25) is 17.7 Å². The van der Waals surface area contributed by atoms with Crippen molar-refractivity contribution in [2.75, 3.05) is 11.4 Å². The summed E-state index contributed by atoms with van der Waals surface area (Å²) in [6.07, 6.45) is 3.15. The summed E-state index contributed by atoms with van der Waals surface area (Å²) < 4.78 is 5.60. The number of esters is 1. The van der Waals surface area contributed by atoms with Crippen molar-refractivity contribution in [3.05, 3.63) is 60.2 Å². The van der Waals surface area contributed by atoms with E-state index < -0.39 is 11.9 Å². The molecule has 2 aromatic carbocycles. The topological polar surface area (TPSA) is 84.0 Å². The summed E-state index contributed by atoms with van der Waals surface area (Å²) in [6, 6.07) is 16.3. The molecule has 0 unspecified atom stereocenters. The van der Waals surface area contributed by atoms with Crippen LogP contribution in [0.15, 0.2) is 54.6 Å². The minimum atomic E-state index is -0.551. The molecule has 2 saturated carbocycles. The number of hydrogen-bond acceptors (Lipinski definition) is 5. The zero-order chi connectivity index (χ0) is 23.4. The third kappa shape index (κ3) is 3.42. The quantitative estimate of drug-likeness (QED) is 0.390. The molecular weight excluding hydrogens is 432 g/mol. The molecule has 0 spiro atoms. The summed E-state index contributed by atoms with van der Waals surface area (Å²) >= 11 is 0. The lowest BCUT2D eigenvalue weighted by Crippen LogP contribution is -2.32. The number of amides is 3. The van der Waals surface area contributed by atoms with Crippen molar-refractivity contribution >= 4 is 29.4 Å². The summed E-state index contributed by atoms with van der Waals surface area (Å²) in [5.74, 6) is -0.833. The predicted octanol–water partition coefficient (Wildman–Crippen LogP) is 3.18. The average molecular weight is 459 g/mol. The van der Waals surface area contributed by atoms with Crippen LogP contribution in [0.2, 0.25) is 0 Å². The van der Waals surface area contributed by atoms with Gasteiger partial charge >= 0.3 is 5.97 Å². The van der Waals surface area contributed by atoms with Crippen molar-refractivity contribution in [3.63, 3.8) is 0 Å². The molecule has 7 heteroatoms. The van der Waals surface area contributed by atoms with E-state index in [0.717, 1.165) is 24.8 Å². The van der Waals surface area contributed by atoms with E-state index in [4.69, 9.17) is 4.74 Å². The van der Waals surface area contributed by atoms with Crippen LogP contribution in [0.4, 0.5) is 5.69 Å². The van der Waals surface area contributed by atoms with Crippen LogP contribution in [0.1, 0.15) is 31.2 Å². The Balaban J connectivity index is 1.14. The van der Waals surface area contributed by atoms with Gasteiger partial charge in [-0.15, -0.1) is 0 Å². The first kappa shape index (κ1) is 21.1. The van der Waals surface area contributed by atoms with Gasteiger partial charge in [0.1, 0.15) is 5.75 Å². The molecule has 2 aromatic rings. The van der Waals surface area contributed by atoms with E-state index >= 15 is 0 Å². The van der Waals surface area contributed by atoms with Gasteiger partial charge in [0.05, 0.1) is 23.4 Å². The Labute approximate surface area is 197 Å². The van der Waals surface area contributed by atoms with Gasteiger partial charge in [0, 0.05) is 25.6 Å². The lowest BCUT2D eigenvalue weighted by atomic mass is 9.81. The van der Waals surface area contributed by atoms with Gasteiger partial charge in [-0.25, -0.2) is 4.90 Å². The second-order valence-electron chi connectivity index (χ2n) is 9.98. The molecule has 2 bridgehead atoms. The Morgan fingerprint density at radius 1 is 0.912 bits per heavy atom. The number of carbonyl (C=O) groups is 4. The maximum absolute atomic E-state index is 13.1. The number of likely N-dealkylation sites (tertiary alicyclic amines) is 1. The lowest BCUT2D eigenvalue weighted by Gasteiger charge is -2.19. The molecule has 4 aliphatic rings. The Bertz CT molecular complexity index is 1150. The first-order valence-electron chi connectivity index (χ1n) is 12.0. The average Bonchev–Trinajstić information content (AvgIpc) is 3.59. The SMILES string of the molecule is O=C(Oc1cccc(N2C(=O)[C@@H]3[C@H]4CC[C@@H](C4)[C@@H]3C2=O)c1)[C@H]1CC(=O)N(Cc2ccccc2)C1. The largest absolute Gasteiger partial charge is 0.426 e. The Kier molecular flexibility index (Phi) is 5.01. The number of nitrogens with zero attached hydrogens (tertiary/aromatic N) is 2. The highest BCUT2D eigenvalue weighted by Gasteiger charge is 2.61. The molecule has 34 heavy (non-hydrogen) atoms. The molecule has 6 rings (SSSR count). The minimum Gasteiger partial charge on any atom is -0.426 e. The fraction of sp³-hybridized carbons (Fsp3) is 0.407. The normalized spacial score (nSPS) is 29.8. The zero-order valence-corrected chi connectivity index (χ0v) is 18.8. The first-order chi connectivity index (χ1) is 16.5. The van der Waals surface area contributed by atoms with Crippen molar-refractivity contribution in [1.29, 1.82) is 0 Å². The van der Waals surface area contributed by atoms with Crippen LogP contribution < -0.4 is 9.64 Å². The number of rotatable bonds is 5. The maximum Gasteiger partial charge on any atom is 0.316 e. The third-order valence-corrected chi connectivity index (χ3v) is 7.99. The number of benzene rings is 2. The predicted molar refractivity (Wildman–Crippen MR) is 122 cm³/mol. The summed E-state index contributed by atoms with van der Waals surface area (Å²) in [5.41, 5.74) is 1.46. The van der Waals surface area contributed by atoms with Crippen molar-refractivity contribution in [3.8, 4) is 5.75 Å². The van der Waals surface area contributed by atoms with Gasteiger partial charge in [-0.05, 0) is 48.8 Å². The molecule has 174 valence electrons. The van der Waals surface area contributed by atoms with Crippen LogP contribution in [-0.2, 0) is 25.7 Å². The molecule has 0 aromatic heterocycles.